The average molecular weight is 268 g/mol. The zero-order chi connectivity index (χ0) is 12.3. The lowest BCUT2D eigenvalue weighted by Gasteiger charge is -2.08. The molecule has 0 amide bonds. The van der Waals surface area contributed by atoms with Gasteiger partial charge in [0.25, 0.3) is 0 Å². The third kappa shape index (κ3) is 3.02. The second-order valence-electron chi connectivity index (χ2n) is 3.54. The van der Waals surface area contributed by atoms with E-state index in [-0.39, 0.29) is 0 Å². The number of halogens is 2. The van der Waals surface area contributed by atoms with E-state index in [1.807, 2.05) is 24.3 Å². The Morgan fingerprint density at radius 1 is 1.18 bits per heavy atom. The molecule has 88 valence electrons. The molecule has 1 heterocycles. The summed E-state index contributed by atoms with van der Waals surface area (Å²) in [6, 6.07) is 9.27. The molecule has 17 heavy (non-hydrogen) atoms. The number of anilines is 2. The van der Waals surface area contributed by atoms with E-state index in [4.69, 9.17) is 28.9 Å². The first-order valence-electron chi connectivity index (χ1n) is 5.05. The number of pyridine rings is 1. The second kappa shape index (κ2) is 5.25. The molecule has 0 saturated heterocycles. The van der Waals surface area contributed by atoms with Gasteiger partial charge in [-0.05, 0) is 17.7 Å². The van der Waals surface area contributed by atoms with Gasteiger partial charge in [0.1, 0.15) is 5.82 Å². The fourth-order valence-corrected chi connectivity index (χ4v) is 1.85. The van der Waals surface area contributed by atoms with Crippen molar-refractivity contribution < 1.29 is 0 Å². The van der Waals surface area contributed by atoms with Gasteiger partial charge < -0.3 is 11.1 Å². The van der Waals surface area contributed by atoms with E-state index in [1.165, 1.54) is 0 Å². The predicted molar refractivity (Wildman–Crippen MR) is 72.4 cm³/mol. The second-order valence-corrected chi connectivity index (χ2v) is 4.36. The highest BCUT2D eigenvalue weighted by Gasteiger charge is 2.03. The van der Waals surface area contributed by atoms with Crippen LogP contribution in [0.5, 0.6) is 0 Å². The van der Waals surface area contributed by atoms with Crippen LogP contribution in [0.2, 0.25) is 10.0 Å². The van der Waals surface area contributed by atoms with Crippen molar-refractivity contribution in [3.8, 4) is 0 Å². The molecule has 3 N–H and O–H groups in total. The highest BCUT2D eigenvalue weighted by molar-refractivity contribution is 6.33. The Kier molecular flexibility index (Phi) is 3.71. The summed E-state index contributed by atoms with van der Waals surface area (Å²) in [5, 5.41) is 4.33. The van der Waals surface area contributed by atoms with Crippen LogP contribution in [0.3, 0.4) is 0 Å². The number of nitrogens with zero attached hydrogens (tertiary/aromatic N) is 1. The van der Waals surface area contributed by atoms with Crippen LogP contribution in [0.1, 0.15) is 5.56 Å². The molecule has 2 rings (SSSR count). The largest absolute Gasteiger partial charge is 0.397 e. The Hall–Kier alpha value is -1.45. The topological polar surface area (TPSA) is 50.9 Å². The smallest absolute Gasteiger partial charge is 0.145 e. The minimum Gasteiger partial charge on any atom is -0.397 e. The summed E-state index contributed by atoms with van der Waals surface area (Å²) in [7, 11) is 0. The quantitative estimate of drug-likeness (QED) is 0.894. The number of benzene rings is 1. The number of rotatable bonds is 3. The van der Waals surface area contributed by atoms with Crippen molar-refractivity contribution in [3.05, 3.63) is 52.1 Å². The molecule has 0 saturated carbocycles. The number of hydrogen-bond acceptors (Lipinski definition) is 3. The summed E-state index contributed by atoms with van der Waals surface area (Å²) >= 11 is 12.0. The zero-order valence-corrected chi connectivity index (χ0v) is 10.5. The predicted octanol–water partition coefficient (Wildman–Crippen LogP) is 3.58. The molecule has 0 atom stereocenters. The molecule has 2 aromatic rings. The Bertz CT molecular complexity index is 529. The Morgan fingerprint density at radius 3 is 2.65 bits per heavy atom. The summed E-state index contributed by atoms with van der Waals surface area (Å²) in [5.41, 5.74) is 7.09. The van der Waals surface area contributed by atoms with Gasteiger partial charge in [-0.25, -0.2) is 4.98 Å². The van der Waals surface area contributed by atoms with Crippen molar-refractivity contribution in [1.82, 2.24) is 4.98 Å². The molecule has 0 fully saturated rings. The fraction of sp³-hybridized carbons (Fsp3) is 0.0833. The van der Waals surface area contributed by atoms with Crippen molar-refractivity contribution in [2.75, 3.05) is 11.1 Å². The Labute approximate surface area is 110 Å². The van der Waals surface area contributed by atoms with Crippen LogP contribution in [-0.2, 0) is 6.54 Å². The Balaban J connectivity index is 2.10. The van der Waals surface area contributed by atoms with Crippen LogP contribution in [-0.4, -0.2) is 4.98 Å². The number of nitrogens with one attached hydrogen (secondary N) is 1. The first kappa shape index (κ1) is 12.0. The summed E-state index contributed by atoms with van der Waals surface area (Å²) in [5.74, 6) is 0.598. The maximum Gasteiger partial charge on any atom is 0.145 e. The summed E-state index contributed by atoms with van der Waals surface area (Å²) in [6.45, 7) is 0.566. The van der Waals surface area contributed by atoms with Gasteiger partial charge >= 0.3 is 0 Å². The van der Waals surface area contributed by atoms with Gasteiger partial charge in [0.15, 0.2) is 0 Å². The maximum absolute atomic E-state index is 6.04. The third-order valence-corrected chi connectivity index (χ3v) is 2.92. The fourth-order valence-electron chi connectivity index (χ4n) is 1.40. The van der Waals surface area contributed by atoms with E-state index in [2.05, 4.69) is 10.3 Å². The lowest BCUT2D eigenvalue weighted by Crippen LogP contribution is -2.03. The normalized spacial score (nSPS) is 10.2. The van der Waals surface area contributed by atoms with Crippen molar-refractivity contribution in [2.24, 2.45) is 0 Å². The van der Waals surface area contributed by atoms with Gasteiger partial charge in [0.05, 0.1) is 16.9 Å². The monoisotopic (exact) mass is 267 g/mol. The van der Waals surface area contributed by atoms with E-state index in [0.717, 1.165) is 5.56 Å². The summed E-state index contributed by atoms with van der Waals surface area (Å²) < 4.78 is 0. The van der Waals surface area contributed by atoms with Crippen LogP contribution in [0.4, 0.5) is 11.5 Å². The van der Waals surface area contributed by atoms with Crippen molar-refractivity contribution >= 4 is 34.7 Å². The minimum atomic E-state index is 0.497. The van der Waals surface area contributed by atoms with Gasteiger partial charge in [-0.15, -0.1) is 0 Å². The molecule has 5 heteroatoms. The van der Waals surface area contributed by atoms with Crippen molar-refractivity contribution in [3.63, 3.8) is 0 Å². The SMILES string of the molecule is Nc1cnc(NCc2ccccc2Cl)c(Cl)c1. The molecule has 0 aliphatic carbocycles. The molecule has 1 aromatic heterocycles. The van der Waals surface area contributed by atoms with Crippen LogP contribution >= 0.6 is 23.2 Å². The summed E-state index contributed by atoms with van der Waals surface area (Å²) in [4.78, 5) is 4.11. The van der Waals surface area contributed by atoms with Crippen LogP contribution in [0, 0.1) is 0 Å². The van der Waals surface area contributed by atoms with Crippen LogP contribution in [0.25, 0.3) is 0 Å². The van der Waals surface area contributed by atoms with E-state index < -0.39 is 0 Å². The van der Waals surface area contributed by atoms with E-state index in [9.17, 15) is 0 Å². The van der Waals surface area contributed by atoms with E-state index in [0.29, 0.717) is 28.1 Å². The molecule has 0 aliphatic rings. The van der Waals surface area contributed by atoms with Gasteiger partial charge in [0, 0.05) is 11.6 Å². The molecule has 0 spiro atoms. The van der Waals surface area contributed by atoms with E-state index in [1.54, 1.807) is 12.3 Å². The first-order valence-corrected chi connectivity index (χ1v) is 5.80. The first-order chi connectivity index (χ1) is 8.16. The molecule has 3 nitrogen and oxygen atoms in total. The lowest BCUT2D eigenvalue weighted by atomic mass is 10.2. The molecular weight excluding hydrogens is 257 g/mol. The number of nitrogen functional groups attached to an aromatic ring is 1. The van der Waals surface area contributed by atoms with Crippen LogP contribution in [0.15, 0.2) is 36.5 Å². The standard InChI is InChI=1S/C12H11Cl2N3/c13-10-4-2-1-3-8(10)6-16-12-11(14)5-9(15)7-17-12/h1-5,7H,6,15H2,(H,16,17). The number of hydrogen-bond donors (Lipinski definition) is 2. The summed E-state index contributed by atoms with van der Waals surface area (Å²) in [6.07, 6.45) is 1.56. The van der Waals surface area contributed by atoms with Gasteiger partial charge in [0.2, 0.25) is 0 Å². The maximum atomic E-state index is 6.04. The highest BCUT2D eigenvalue weighted by Crippen LogP contribution is 2.22. The zero-order valence-electron chi connectivity index (χ0n) is 8.95. The molecule has 0 bridgehead atoms. The lowest BCUT2D eigenvalue weighted by molar-refractivity contribution is 1.11. The van der Waals surface area contributed by atoms with Crippen LogP contribution < -0.4 is 11.1 Å². The van der Waals surface area contributed by atoms with E-state index >= 15 is 0 Å². The molecule has 1 aromatic carbocycles. The number of aromatic nitrogens is 1. The Morgan fingerprint density at radius 2 is 1.94 bits per heavy atom. The average Bonchev–Trinajstić information content (AvgIpc) is 2.30. The number of nitrogens with two attached hydrogens (primary N) is 1. The molecule has 0 radical (unpaired) electrons. The van der Waals surface area contributed by atoms with Gasteiger partial charge in [-0.2, -0.15) is 0 Å². The minimum absolute atomic E-state index is 0.497. The highest BCUT2D eigenvalue weighted by atomic mass is 35.5. The van der Waals surface area contributed by atoms with Crippen molar-refractivity contribution in [2.45, 2.75) is 6.54 Å². The van der Waals surface area contributed by atoms with Crippen molar-refractivity contribution in [1.29, 1.82) is 0 Å². The molecule has 0 aliphatic heterocycles. The van der Waals surface area contributed by atoms with Gasteiger partial charge in [-0.3, -0.25) is 0 Å². The molecule has 0 unspecified atom stereocenters. The third-order valence-electron chi connectivity index (χ3n) is 2.27. The molecular formula is C12H11Cl2N3. The van der Waals surface area contributed by atoms with Gasteiger partial charge in [-0.1, -0.05) is 41.4 Å².